The summed E-state index contributed by atoms with van der Waals surface area (Å²) in [6.07, 6.45) is 0. The molecule has 0 unspecified atom stereocenters. The van der Waals surface area contributed by atoms with E-state index >= 15 is 0 Å². The standard InChI is InChI=1S/C4H10Se/c1-4(2)5-3/h4H,1-3H3. The molecular weight excluding hydrogens is 127 g/mol. The van der Waals surface area contributed by atoms with Crippen LogP contribution in [0.3, 0.4) is 0 Å². The molecular formula is C4H10Se. The Bertz CT molecular complexity index is 17.6. The predicted octanol–water partition coefficient (Wildman–Crippen LogP) is 1.57. The molecule has 0 saturated heterocycles. The van der Waals surface area contributed by atoms with Crippen molar-refractivity contribution in [1.82, 2.24) is 0 Å². The number of hydrogen-bond donors (Lipinski definition) is 0. The molecule has 0 heterocycles. The van der Waals surface area contributed by atoms with Gasteiger partial charge in [0.25, 0.3) is 0 Å². The minimum absolute atomic E-state index is 0.875. The van der Waals surface area contributed by atoms with Crippen molar-refractivity contribution >= 4 is 15.0 Å². The van der Waals surface area contributed by atoms with E-state index in [1.165, 1.54) is 0 Å². The van der Waals surface area contributed by atoms with Gasteiger partial charge in [-0.15, -0.1) is 0 Å². The molecule has 0 nitrogen and oxygen atoms in total. The molecule has 0 saturated carbocycles. The van der Waals surface area contributed by atoms with Gasteiger partial charge in [-0.1, -0.05) is 0 Å². The van der Waals surface area contributed by atoms with Crippen molar-refractivity contribution in [3.63, 3.8) is 0 Å². The second-order valence-corrected chi connectivity index (χ2v) is 4.25. The SMILES string of the molecule is C[Se]C(C)C. The van der Waals surface area contributed by atoms with Gasteiger partial charge in [-0.2, -0.15) is 0 Å². The molecule has 0 N–H and O–H groups in total. The third-order valence-electron chi connectivity index (χ3n) is 0.471. The molecule has 0 aliphatic heterocycles. The van der Waals surface area contributed by atoms with Crippen LogP contribution < -0.4 is 0 Å². The van der Waals surface area contributed by atoms with Gasteiger partial charge in [-0.25, -0.2) is 0 Å². The fourth-order valence-electron chi connectivity index (χ4n) is 0. The molecule has 0 aromatic heterocycles. The van der Waals surface area contributed by atoms with E-state index in [4.69, 9.17) is 0 Å². The van der Waals surface area contributed by atoms with E-state index in [1.807, 2.05) is 0 Å². The van der Waals surface area contributed by atoms with E-state index in [1.54, 1.807) is 0 Å². The third-order valence-corrected chi connectivity index (χ3v) is 2.45. The molecule has 0 radical (unpaired) electrons. The molecule has 0 rings (SSSR count). The molecule has 0 atom stereocenters. The molecule has 32 valence electrons. The summed E-state index contributed by atoms with van der Waals surface area (Å²) in [7, 11) is 0. The molecule has 0 amide bonds. The molecule has 5 heavy (non-hydrogen) atoms. The van der Waals surface area contributed by atoms with E-state index in [0.717, 1.165) is 19.8 Å². The maximum absolute atomic E-state index is 2.26. The first-order chi connectivity index (χ1) is 2.27. The van der Waals surface area contributed by atoms with Crippen molar-refractivity contribution in [2.24, 2.45) is 0 Å². The fraction of sp³-hybridized carbons (Fsp3) is 1.00. The molecule has 0 aromatic carbocycles. The van der Waals surface area contributed by atoms with Crippen LogP contribution in [0.1, 0.15) is 13.8 Å². The zero-order valence-electron chi connectivity index (χ0n) is 3.99. The molecule has 0 bridgehead atoms. The average molecular weight is 137 g/mol. The molecule has 0 aliphatic rings. The van der Waals surface area contributed by atoms with Gasteiger partial charge in [0.1, 0.15) is 0 Å². The Morgan fingerprint density at radius 3 is 1.60 bits per heavy atom. The van der Waals surface area contributed by atoms with Crippen molar-refractivity contribution < 1.29 is 0 Å². The maximum atomic E-state index is 2.26. The third kappa shape index (κ3) is 4.52. The van der Waals surface area contributed by atoms with Crippen LogP contribution in [0, 0.1) is 0 Å². The Hall–Kier alpha value is 0.519. The van der Waals surface area contributed by atoms with Crippen molar-refractivity contribution in [2.45, 2.75) is 24.5 Å². The molecule has 1 heteroatoms. The van der Waals surface area contributed by atoms with E-state index in [2.05, 4.69) is 19.7 Å². The van der Waals surface area contributed by atoms with E-state index < -0.39 is 0 Å². The topological polar surface area (TPSA) is 0 Å². The van der Waals surface area contributed by atoms with Crippen LogP contribution in [0.2, 0.25) is 10.6 Å². The Morgan fingerprint density at radius 1 is 1.40 bits per heavy atom. The Labute approximate surface area is 40.1 Å². The van der Waals surface area contributed by atoms with Gasteiger partial charge in [0.15, 0.2) is 0 Å². The van der Waals surface area contributed by atoms with Crippen LogP contribution in [0.5, 0.6) is 0 Å². The predicted molar refractivity (Wildman–Crippen MR) is 26.7 cm³/mol. The van der Waals surface area contributed by atoms with E-state index in [0.29, 0.717) is 0 Å². The van der Waals surface area contributed by atoms with Gasteiger partial charge in [0.2, 0.25) is 0 Å². The zero-order valence-corrected chi connectivity index (χ0v) is 5.70. The van der Waals surface area contributed by atoms with Crippen LogP contribution in [-0.2, 0) is 0 Å². The van der Waals surface area contributed by atoms with Crippen LogP contribution in [0.15, 0.2) is 0 Å². The quantitative estimate of drug-likeness (QED) is 0.481. The van der Waals surface area contributed by atoms with E-state index in [9.17, 15) is 0 Å². The van der Waals surface area contributed by atoms with Crippen molar-refractivity contribution in [3.05, 3.63) is 0 Å². The first-order valence-corrected chi connectivity index (χ1v) is 4.50. The van der Waals surface area contributed by atoms with Crippen LogP contribution >= 0.6 is 0 Å². The first-order valence-electron chi connectivity index (χ1n) is 1.80. The Morgan fingerprint density at radius 2 is 1.60 bits per heavy atom. The summed E-state index contributed by atoms with van der Waals surface area (Å²) < 4.78 is 0. The fourth-order valence-corrected chi connectivity index (χ4v) is 0. The number of rotatable bonds is 1. The molecule has 0 fully saturated rings. The second-order valence-electron chi connectivity index (χ2n) is 1.28. The summed E-state index contributed by atoms with van der Waals surface area (Å²) >= 11 is 0.875. The molecule has 0 aromatic rings. The second kappa shape index (κ2) is 2.74. The van der Waals surface area contributed by atoms with Crippen molar-refractivity contribution in [2.75, 3.05) is 0 Å². The summed E-state index contributed by atoms with van der Waals surface area (Å²) in [4.78, 5) is 0.947. The van der Waals surface area contributed by atoms with Gasteiger partial charge in [0.05, 0.1) is 0 Å². The summed E-state index contributed by atoms with van der Waals surface area (Å²) in [5.74, 6) is 2.26. The number of hydrogen-bond acceptors (Lipinski definition) is 0. The van der Waals surface area contributed by atoms with Crippen LogP contribution in [0.4, 0.5) is 0 Å². The van der Waals surface area contributed by atoms with Crippen LogP contribution in [-0.4, -0.2) is 15.0 Å². The van der Waals surface area contributed by atoms with Crippen LogP contribution in [0.25, 0.3) is 0 Å². The van der Waals surface area contributed by atoms with Gasteiger partial charge in [-0.05, 0) is 0 Å². The van der Waals surface area contributed by atoms with Crippen molar-refractivity contribution in [3.8, 4) is 0 Å². The summed E-state index contributed by atoms with van der Waals surface area (Å²) in [5.41, 5.74) is 0. The first kappa shape index (κ1) is 5.52. The van der Waals surface area contributed by atoms with Gasteiger partial charge >= 0.3 is 39.4 Å². The average Bonchev–Trinajstić information content (AvgIpc) is 1.38. The Kier molecular flexibility index (Phi) is 3.03. The molecule has 0 aliphatic carbocycles. The van der Waals surface area contributed by atoms with Gasteiger partial charge in [-0.3, -0.25) is 0 Å². The normalized spacial score (nSPS) is 9.60. The minimum atomic E-state index is 0.875. The summed E-state index contributed by atoms with van der Waals surface area (Å²) in [5, 5.41) is 0. The Balaban J connectivity index is 2.54. The zero-order chi connectivity index (χ0) is 4.28. The van der Waals surface area contributed by atoms with Gasteiger partial charge < -0.3 is 0 Å². The summed E-state index contributed by atoms with van der Waals surface area (Å²) in [6.45, 7) is 4.50. The van der Waals surface area contributed by atoms with Crippen molar-refractivity contribution in [1.29, 1.82) is 0 Å². The summed E-state index contributed by atoms with van der Waals surface area (Å²) in [6, 6.07) is 0. The monoisotopic (exact) mass is 138 g/mol. The van der Waals surface area contributed by atoms with Gasteiger partial charge in [0, 0.05) is 0 Å². The molecule has 0 spiro atoms. The van der Waals surface area contributed by atoms with E-state index in [-0.39, 0.29) is 0 Å².